The smallest absolute Gasteiger partial charge is 0.0855 e. The summed E-state index contributed by atoms with van der Waals surface area (Å²) in [6, 6.07) is 15.9. The van der Waals surface area contributed by atoms with Crippen molar-refractivity contribution in [3.05, 3.63) is 59.7 Å². The van der Waals surface area contributed by atoms with E-state index in [1.54, 1.807) is 0 Å². The molecule has 3 rings (SSSR count). The molecule has 19 heavy (non-hydrogen) atoms. The summed E-state index contributed by atoms with van der Waals surface area (Å²) < 4.78 is 12.2. The molecule has 1 aliphatic rings. The van der Waals surface area contributed by atoms with Crippen LogP contribution >= 0.6 is 0 Å². The van der Waals surface area contributed by atoms with E-state index < -0.39 is 10.8 Å². The van der Waals surface area contributed by atoms with Gasteiger partial charge < -0.3 is 0 Å². The van der Waals surface area contributed by atoms with Gasteiger partial charge in [0, 0.05) is 9.79 Å². The van der Waals surface area contributed by atoms with Crippen LogP contribution in [0.15, 0.2) is 58.3 Å². The lowest BCUT2D eigenvalue weighted by atomic mass is 10.0. The molecule has 1 aliphatic heterocycles. The van der Waals surface area contributed by atoms with Crippen LogP contribution in [0, 0.1) is 0 Å². The highest BCUT2D eigenvalue weighted by Gasteiger charge is 2.20. The minimum atomic E-state index is -0.990. The standard InChI is InChI=1S/C13H10OS.2C2H6/c14-15-12-7-3-1-5-10(12)9-11-6-2-4-8-13(11)15;2*1-2/h1-8H,9H2;2*1-2H3. The summed E-state index contributed by atoms with van der Waals surface area (Å²) in [6.45, 7) is 8.00. The van der Waals surface area contributed by atoms with Crippen LogP contribution in [-0.4, -0.2) is 4.21 Å². The fraction of sp³-hybridized carbons (Fsp3) is 0.294. The predicted molar refractivity (Wildman–Crippen MR) is 83.1 cm³/mol. The van der Waals surface area contributed by atoms with Crippen LogP contribution in [0.25, 0.3) is 0 Å². The summed E-state index contributed by atoms with van der Waals surface area (Å²) in [5.41, 5.74) is 2.38. The van der Waals surface area contributed by atoms with Gasteiger partial charge in [0.2, 0.25) is 0 Å². The van der Waals surface area contributed by atoms with E-state index in [0.29, 0.717) is 0 Å². The van der Waals surface area contributed by atoms with Crippen molar-refractivity contribution in [2.45, 2.75) is 43.9 Å². The summed E-state index contributed by atoms with van der Waals surface area (Å²) in [6.07, 6.45) is 0.901. The van der Waals surface area contributed by atoms with Crippen molar-refractivity contribution in [2.75, 3.05) is 0 Å². The Hall–Kier alpha value is -1.41. The minimum Gasteiger partial charge on any atom is -0.249 e. The van der Waals surface area contributed by atoms with Crippen LogP contribution in [0.5, 0.6) is 0 Å². The Morgan fingerprint density at radius 1 is 0.737 bits per heavy atom. The molecule has 2 aromatic carbocycles. The second-order valence-electron chi connectivity index (χ2n) is 3.66. The van der Waals surface area contributed by atoms with E-state index in [1.165, 1.54) is 11.1 Å². The first-order valence-electron chi connectivity index (χ1n) is 6.94. The van der Waals surface area contributed by atoms with Crippen LogP contribution in [0.4, 0.5) is 0 Å². The molecule has 0 atom stereocenters. The third-order valence-corrected chi connectivity index (χ3v) is 4.32. The zero-order chi connectivity index (χ0) is 14.3. The molecule has 2 heteroatoms. The van der Waals surface area contributed by atoms with Crippen LogP contribution in [-0.2, 0) is 17.2 Å². The second kappa shape index (κ2) is 7.90. The highest BCUT2D eigenvalue weighted by molar-refractivity contribution is 7.85. The topological polar surface area (TPSA) is 17.1 Å². The van der Waals surface area contributed by atoms with Crippen molar-refractivity contribution in [3.8, 4) is 0 Å². The average Bonchev–Trinajstić information content (AvgIpc) is 2.52. The lowest BCUT2D eigenvalue weighted by molar-refractivity contribution is 0.679. The molecule has 1 heterocycles. The van der Waals surface area contributed by atoms with E-state index in [-0.39, 0.29) is 0 Å². The van der Waals surface area contributed by atoms with Gasteiger partial charge in [-0.25, -0.2) is 4.21 Å². The van der Waals surface area contributed by atoms with Gasteiger partial charge in [-0.2, -0.15) is 0 Å². The maximum absolute atomic E-state index is 12.2. The molecule has 0 aliphatic carbocycles. The second-order valence-corrected chi connectivity index (χ2v) is 5.08. The fourth-order valence-electron chi connectivity index (χ4n) is 1.99. The minimum absolute atomic E-state index is 0.901. The highest BCUT2D eigenvalue weighted by Crippen LogP contribution is 2.30. The van der Waals surface area contributed by atoms with Gasteiger partial charge >= 0.3 is 0 Å². The first kappa shape index (κ1) is 15.6. The monoisotopic (exact) mass is 274 g/mol. The van der Waals surface area contributed by atoms with E-state index in [2.05, 4.69) is 12.1 Å². The molecule has 0 amide bonds. The number of hydrogen-bond donors (Lipinski definition) is 0. The van der Waals surface area contributed by atoms with E-state index >= 15 is 0 Å². The average molecular weight is 274 g/mol. The molecule has 0 N–H and O–H groups in total. The van der Waals surface area contributed by atoms with Crippen molar-refractivity contribution in [1.82, 2.24) is 0 Å². The number of fused-ring (bicyclic) bond motifs is 2. The van der Waals surface area contributed by atoms with Gasteiger partial charge in [0.15, 0.2) is 0 Å². The molecule has 0 spiro atoms. The first-order valence-corrected chi connectivity index (χ1v) is 8.09. The Kier molecular flexibility index (Phi) is 6.51. The van der Waals surface area contributed by atoms with Crippen molar-refractivity contribution < 1.29 is 4.21 Å². The third-order valence-electron chi connectivity index (χ3n) is 2.73. The molecule has 0 saturated carbocycles. The molecule has 0 saturated heterocycles. The van der Waals surface area contributed by atoms with Crippen molar-refractivity contribution in [3.63, 3.8) is 0 Å². The van der Waals surface area contributed by atoms with Crippen LogP contribution in [0.2, 0.25) is 0 Å². The lowest BCUT2D eigenvalue weighted by Crippen LogP contribution is -2.08. The van der Waals surface area contributed by atoms with Gasteiger partial charge in [-0.1, -0.05) is 64.1 Å². The maximum atomic E-state index is 12.2. The largest absolute Gasteiger partial charge is 0.249 e. The molecule has 0 radical (unpaired) electrons. The molecule has 1 nitrogen and oxygen atoms in total. The summed E-state index contributed by atoms with van der Waals surface area (Å²) in [4.78, 5) is 1.94. The van der Waals surface area contributed by atoms with E-state index in [0.717, 1.165) is 16.2 Å². The fourth-order valence-corrected chi connectivity index (χ4v) is 3.38. The molecule has 0 aromatic heterocycles. The molecule has 102 valence electrons. The van der Waals surface area contributed by atoms with Crippen molar-refractivity contribution in [2.24, 2.45) is 0 Å². The molecule has 2 aromatic rings. The molecular formula is C17H22OS. The van der Waals surface area contributed by atoms with Gasteiger partial charge in [-0.15, -0.1) is 0 Å². The Balaban J connectivity index is 0.000000415. The quantitative estimate of drug-likeness (QED) is 0.575. The number of hydrogen-bond acceptors (Lipinski definition) is 1. The van der Waals surface area contributed by atoms with E-state index in [9.17, 15) is 4.21 Å². The van der Waals surface area contributed by atoms with E-state index in [4.69, 9.17) is 0 Å². The van der Waals surface area contributed by atoms with Gasteiger partial charge in [-0.05, 0) is 29.7 Å². The summed E-state index contributed by atoms with van der Waals surface area (Å²) in [5.74, 6) is 0. The molecule has 0 bridgehead atoms. The Morgan fingerprint density at radius 3 is 1.53 bits per heavy atom. The SMILES string of the molecule is CC.CC.O=S1c2ccccc2Cc2ccccc21. The predicted octanol–water partition coefficient (Wildman–Crippen LogP) is 4.81. The van der Waals surface area contributed by atoms with Gasteiger partial charge in [0.25, 0.3) is 0 Å². The zero-order valence-corrected chi connectivity index (χ0v) is 13.0. The third kappa shape index (κ3) is 3.32. The highest BCUT2D eigenvalue weighted by atomic mass is 32.2. The first-order chi connectivity index (χ1) is 9.36. The summed E-state index contributed by atoms with van der Waals surface area (Å²) in [7, 11) is -0.990. The Labute approximate surface area is 119 Å². The Morgan fingerprint density at radius 2 is 1.11 bits per heavy atom. The van der Waals surface area contributed by atoms with Crippen molar-refractivity contribution >= 4 is 10.8 Å². The Bertz CT molecular complexity index is 499. The molecular weight excluding hydrogens is 252 g/mol. The molecule has 0 fully saturated rings. The van der Waals surface area contributed by atoms with Crippen LogP contribution in [0.1, 0.15) is 38.8 Å². The number of benzene rings is 2. The number of rotatable bonds is 0. The maximum Gasteiger partial charge on any atom is 0.0855 e. The lowest BCUT2D eigenvalue weighted by Gasteiger charge is -2.18. The summed E-state index contributed by atoms with van der Waals surface area (Å²) in [5, 5.41) is 0. The molecule has 0 unspecified atom stereocenters. The van der Waals surface area contributed by atoms with Gasteiger partial charge in [-0.3, -0.25) is 0 Å². The summed E-state index contributed by atoms with van der Waals surface area (Å²) >= 11 is 0. The van der Waals surface area contributed by atoms with Gasteiger partial charge in [0.05, 0.1) is 10.8 Å². The van der Waals surface area contributed by atoms with Crippen LogP contribution < -0.4 is 0 Å². The normalized spacial score (nSPS) is 12.0. The van der Waals surface area contributed by atoms with E-state index in [1.807, 2.05) is 64.1 Å². The van der Waals surface area contributed by atoms with Gasteiger partial charge in [0.1, 0.15) is 0 Å². The zero-order valence-electron chi connectivity index (χ0n) is 12.1. The van der Waals surface area contributed by atoms with Crippen molar-refractivity contribution in [1.29, 1.82) is 0 Å². The van der Waals surface area contributed by atoms with Crippen LogP contribution in [0.3, 0.4) is 0 Å².